The zero-order valence-corrected chi connectivity index (χ0v) is 29.8. The van der Waals surface area contributed by atoms with Crippen molar-refractivity contribution in [1.82, 2.24) is 30.4 Å². The van der Waals surface area contributed by atoms with Crippen LogP contribution in [0.2, 0.25) is 5.02 Å². The molecule has 0 radical (unpaired) electrons. The van der Waals surface area contributed by atoms with E-state index in [1.165, 1.54) is 40.6 Å². The number of benzene rings is 1. The van der Waals surface area contributed by atoms with Gasteiger partial charge in [0.15, 0.2) is 5.01 Å². The maximum Gasteiger partial charge on any atom is 0.314 e. The van der Waals surface area contributed by atoms with Crippen LogP contribution in [0.3, 0.4) is 0 Å². The van der Waals surface area contributed by atoms with Crippen LogP contribution in [0, 0.1) is 12.8 Å². The standard InChI is InChI=1S/C24H30ClN7O4S.C7H8O3S.H2O/c1-31(2)24(36)13-4-6-15(27-20(33)21(34)30-19-7-5-14(25)11-26-19)17(10-13)28-22(35)23-29-16-8-9-32(3)12-18(16)37-23;1-6-2-4-7(5-3-6)11(8,9)10;/h5,7,11,13,15,17H,4,6,8-10,12H2,1-3H3,(H,27,33)(H,28,35)(H,26,30,34);2-5H,1H3,(H,8,9,10);1H2/t13-,15-,17?;;/m0../s1. The van der Waals surface area contributed by atoms with Crippen molar-refractivity contribution in [2.45, 2.75) is 56.1 Å². The molecule has 5 rings (SSSR count). The summed E-state index contributed by atoms with van der Waals surface area (Å²) in [5.41, 5.74) is 1.90. The molecule has 4 amide bonds. The minimum atomic E-state index is -4.02. The highest BCUT2D eigenvalue weighted by atomic mass is 35.5. The maximum atomic E-state index is 13.2. The number of aryl methyl sites for hydroxylation is 1. The van der Waals surface area contributed by atoms with Crippen molar-refractivity contribution >= 4 is 62.5 Å². The molecular formula is C31H40ClN7O8S2. The monoisotopic (exact) mass is 737 g/mol. The van der Waals surface area contributed by atoms with Gasteiger partial charge in [-0.25, -0.2) is 9.97 Å². The summed E-state index contributed by atoms with van der Waals surface area (Å²) in [7, 11) is 1.39. The van der Waals surface area contributed by atoms with E-state index in [9.17, 15) is 27.6 Å². The average molecular weight is 738 g/mol. The third-order valence-electron chi connectivity index (χ3n) is 7.88. The molecule has 6 N–H and O–H groups in total. The highest BCUT2D eigenvalue weighted by Gasteiger charge is 2.37. The predicted molar refractivity (Wildman–Crippen MR) is 184 cm³/mol. The number of fused-ring (bicyclic) bond motifs is 1. The SMILES string of the molecule is CN1CCc2nc(C(=O)NC3C[C@@H](C(=O)N(C)C)CC[C@@H]3NC(=O)C(=O)Nc3ccc(Cl)cn3)sc2C1.Cc1ccc(S(=O)(=O)O)cc1.O. The van der Waals surface area contributed by atoms with Gasteiger partial charge in [-0.05, 0) is 57.5 Å². The Morgan fingerprint density at radius 3 is 2.33 bits per heavy atom. The summed E-state index contributed by atoms with van der Waals surface area (Å²) >= 11 is 7.17. The lowest BCUT2D eigenvalue weighted by atomic mass is 9.81. The van der Waals surface area contributed by atoms with Crippen LogP contribution in [0.25, 0.3) is 0 Å². The van der Waals surface area contributed by atoms with Gasteiger partial charge in [-0.1, -0.05) is 29.3 Å². The van der Waals surface area contributed by atoms with Crippen molar-refractivity contribution < 1.29 is 37.6 Å². The van der Waals surface area contributed by atoms with E-state index in [2.05, 4.69) is 30.8 Å². The van der Waals surface area contributed by atoms with Gasteiger partial charge < -0.3 is 31.2 Å². The van der Waals surface area contributed by atoms with Crippen LogP contribution in [0.15, 0.2) is 47.5 Å². The Labute approximate surface area is 293 Å². The average Bonchev–Trinajstić information content (AvgIpc) is 3.46. The van der Waals surface area contributed by atoms with Crippen LogP contribution in [0.1, 0.15) is 45.2 Å². The molecule has 15 nitrogen and oxygen atoms in total. The maximum absolute atomic E-state index is 13.2. The molecule has 2 aromatic heterocycles. The summed E-state index contributed by atoms with van der Waals surface area (Å²) in [5, 5.41) is 8.91. The molecule has 1 fully saturated rings. The molecule has 1 aliphatic carbocycles. The lowest BCUT2D eigenvalue weighted by molar-refractivity contribution is -0.137. The second-order valence-electron chi connectivity index (χ2n) is 11.9. The summed E-state index contributed by atoms with van der Waals surface area (Å²) in [5.74, 6) is -2.25. The van der Waals surface area contributed by atoms with Gasteiger partial charge >= 0.3 is 11.8 Å². The molecule has 18 heteroatoms. The van der Waals surface area contributed by atoms with E-state index in [1.807, 2.05) is 14.0 Å². The molecule has 3 heterocycles. The Kier molecular flexibility index (Phi) is 13.8. The third kappa shape index (κ3) is 11.0. The molecule has 1 aromatic carbocycles. The number of aromatic nitrogens is 2. The molecule has 1 aliphatic heterocycles. The van der Waals surface area contributed by atoms with Gasteiger partial charge in [0.1, 0.15) is 5.82 Å². The van der Waals surface area contributed by atoms with Gasteiger partial charge in [-0.2, -0.15) is 8.42 Å². The highest BCUT2D eigenvalue weighted by Crippen LogP contribution is 2.28. The Morgan fingerprint density at radius 1 is 1.02 bits per heavy atom. The molecule has 3 aromatic rings. The first-order valence-electron chi connectivity index (χ1n) is 15.1. The normalized spacial score (nSPS) is 18.8. The molecule has 1 unspecified atom stereocenters. The number of anilines is 1. The third-order valence-corrected chi connectivity index (χ3v) is 10.1. The highest BCUT2D eigenvalue weighted by molar-refractivity contribution is 7.85. The van der Waals surface area contributed by atoms with Crippen molar-refractivity contribution in [3.8, 4) is 0 Å². The molecule has 0 spiro atoms. The van der Waals surface area contributed by atoms with E-state index >= 15 is 0 Å². The summed E-state index contributed by atoms with van der Waals surface area (Å²) in [6.07, 6.45) is 3.42. The molecule has 49 heavy (non-hydrogen) atoms. The van der Waals surface area contributed by atoms with Crippen LogP contribution in [0.4, 0.5) is 5.82 Å². The molecule has 1 saturated carbocycles. The van der Waals surface area contributed by atoms with Crippen molar-refractivity contribution in [2.24, 2.45) is 5.92 Å². The number of halogens is 1. The number of amides is 4. The van der Waals surface area contributed by atoms with Crippen LogP contribution in [-0.2, 0) is 37.5 Å². The number of hydrogen-bond donors (Lipinski definition) is 4. The number of likely N-dealkylation sites (N-methyl/N-ethyl adjacent to an activating group) is 1. The van der Waals surface area contributed by atoms with E-state index < -0.39 is 34.0 Å². The molecular weight excluding hydrogens is 698 g/mol. The fourth-order valence-corrected chi connectivity index (χ4v) is 6.99. The van der Waals surface area contributed by atoms with E-state index in [-0.39, 0.29) is 33.9 Å². The van der Waals surface area contributed by atoms with E-state index in [1.54, 1.807) is 32.3 Å². The first-order chi connectivity index (χ1) is 22.6. The first kappa shape index (κ1) is 39.4. The topological polar surface area (TPSA) is 222 Å². The lowest BCUT2D eigenvalue weighted by Gasteiger charge is -2.37. The van der Waals surface area contributed by atoms with Crippen LogP contribution in [-0.4, -0.2) is 102 Å². The van der Waals surface area contributed by atoms with Gasteiger partial charge in [-0.3, -0.25) is 23.7 Å². The number of carbonyl (C=O) groups is 4. The van der Waals surface area contributed by atoms with Gasteiger partial charge in [0.25, 0.3) is 16.0 Å². The first-order valence-corrected chi connectivity index (χ1v) is 17.7. The summed E-state index contributed by atoms with van der Waals surface area (Å²) in [4.78, 5) is 64.2. The summed E-state index contributed by atoms with van der Waals surface area (Å²) < 4.78 is 29.6. The zero-order valence-electron chi connectivity index (χ0n) is 27.4. The fourth-order valence-electron chi connectivity index (χ4n) is 5.31. The summed E-state index contributed by atoms with van der Waals surface area (Å²) in [6.45, 7) is 3.48. The minimum absolute atomic E-state index is 0. The Hall–Kier alpha value is -4.00. The smallest absolute Gasteiger partial charge is 0.314 e. The Morgan fingerprint density at radius 2 is 1.71 bits per heavy atom. The number of nitrogens with zero attached hydrogens (tertiary/aromatic N) is 4. The number of carbonyl (C=O) groups excluding carboxylic acids is 4. The zero-order chi connectivity index (χ0) is 35.2. The quantitative estimate of drug-likeness (QED) is 0.212. The van der Waals surface area contributed by atoms with Gasteiger partial charge in [0.05, 0.1) is 21.7 Å². The van der Waals surface area contributed by atoms with Crippen LogP contribution in [0.5, 0.6) is 0 Å². The molecule has 0 bridgehead atoms. The van der Waals surface area contributed by atoms with Crippen molar-refractivity contribution in [3.63, 3.8) is 0 Å². The van der Waals surface area contributed by atoms with Crippen molar-refractivity contribution in [1.29, 1.82) is 0 Å². The molecule has 2 aliphatic rings. The number of thiazole rings is 1. The molecule has 266 valence electrons. The second-order valence-corrected chi connectivity index (χ2v) is 14.8. The lowest BCUT2D eigenvalue weighted by Crippen LogP contribution is -2.57. The predicted octanol–water partition coefficient (Wildman–Crippen LogP) is 1.71. The van der Waals surface area contributed by atoms with Crippen LogP contribution < -0.4 is 16.0 Å². The Balaban J connectivity index is 0.000000462. The molecule has 0 saturated heterocycles. The second kappa shape index (κ2) is 17.1. The Bertz CT molecular complexity index is 1750. The van der Waals surface area contributed by atoms with E-state index in [4.69, 9.17) is 16.2 Å². The van der Waals surface area contributed by atoms with Gasteiger partial charge in [0, 0.05) is 56.6 Å². The summed E-state index contributed by atoms with van der Waals surface area (Å²) in [6, 6.07) is 7.93. The van der Waals surface area contributed by atoms with Gasteiger partial charge in [-0.15, -0.1) is 11.3 Å². The molecule has 3 atom stereocenters. The number of pyridine rings is 1. The number of nitrogens with one attached hydrogen (secondary N) is 3. The van der Waals surface area contributed by atoms with E-state index in [0.29, 0.717) is 29.3 Å². The number of hydrogen-bond acceptors (Lipinski definition) is 10. The van der Waals surface area contributed by atoms with Crippen LogP contribution >= 0.6 is 22.9 Å². The fraction of sp³-hybridized carbons (Fsp3) is 0.419. The largest absolute Gasteiger partial charge is 0.412 e. The van der Waals surface area contributed by atoms with E-state index in [0.717, 1.165) is 35.6 Å². The number of rotatable bonds is 6. The van der Waals surface area contributed by atoms with Gasteiger partial charge in [0.2, 0.25) is 5.91 Å². The minimum Gasteiger partial charge on any atom is -0.412 e. The van der Waals surface area contributed by atoms with Crippen molar-refractivity contribution in [3.05, 3.63) is 68.8 Å². The van der Waals surface area contributed by atoms with Crippen molar-refractivity contribution in [2.75, 3.05) is 33.0 Å².